The molecule has 0 atom stereocenters. The summed E-state index contributed by atoms with van der Waals surface area (Å²) in [6.07, 6.45) is 1.79. The van der Waals surface area contributed by atoms with Gasteiger partial charge < -0.3 is 16.0 Å². The van der Waals surface area contributed by atoms with Crippen molar-refractivity contribution in [2.24, 2.45) is 4.99 Å². The molecule has 1 aromatic rings. The molecule has 0 saturated heterocycles. The average molecular weight is 325 g/mol. The zero-order valence-electron chi connectivity index (χ0n) is 13.3. The largest absolute Gasteiger partial charge is 0.357 e. The van der Waals surface area contributed by atoms with Gasteiger partial charge in [0.15, 0.2) is 5.96 Å². The standard InChI is InChI=1S/C16H25ClN4O/c1-3-10-19-15(22)12-21-16(18-4-2)20-11-9-13-5-7-14(17)8-6-13/h5-8H,3-4,9-12H2,1-2H3,(H,19,22)(H2,18,20,21). The minimum Gasteiger partial charge on any atom is -0.357 e. The Labute approximate surface area is 137 Å². The zero-order chi connectivity index (χ0) is 16.2. The van der Waals surface area contributed by atoms with Crippen LogP contribution in [-0.2, 0) is 11.2 Å². The van der Waals surface area contributed by atoms with Crippen molar-refractivity contribution in [2.75, 3.05) is 26.2 Å². The van der Waals surface area contributed by atoms with Crippen LogP contribution >= 0.6 is 11.6 Å². The Kier molecular flexibility index (Phi) is 9.07. The van der Waals surface area contributed by atoms with Crippen LogP contribution in [0.25, 0.3) is 0 Å². The highest BCUT2D eigenvalue weighted by molar-refractivity contribution is 6.30. The van der Waals surface area contributed by atoms with Crippen molar-refractivity contribution in [3.63, 3.8) is 0 Å². The highest BCUT2D eigenvalue weighted by Crippen LogP contribution is 2.09. The number of carbonyl (C=O) groups excluding carboxylic acids is 1. The molecule has 5 nitrogen and oxygen atoms in total. The molecule has 0 heterocycles. The summed E-state index contributed by atoms with van der Waals surface area (Å²) in [5, 5.41) is 9.89. The van der Waals surface area contributed by atoms with Gasteiger partial charge >= 0.3 is 0 Å². The van der Waals surface area contributed by atoms with Gasteiger partial charge in [-0.3, -0.25) is 4.79 Å². The monoisotopic (exact) mass is 324 g/mol. The number of hydrogen-bond donors (Lipinski definition) is 3. The first-order chi connectivity index (χ1) is 10.7. The lowest BCUT2D eigenvalue weighted by molar-refractivity contribution is -0.119. The number of rotatable bonds is 8. The van der Waals surface area contributed by atoms with Gasteiger partial charge in [0, 0.05) is 24.7 Å². The minimum atomic E-state index is -0.0586. The average Bonchev–Trinajstić information content (AvgIpc) is 2.52. The van der Waals surface area contributed by atoms with E-state index in [0.717, 1.165) is 31.0 Å². The van der Waals surface area contributed by atoms with Crippen molar-refractivity contribution >= 4 is 23.5 Å². The van der Waals surface area contributed by atoms with E-state index < -0.39 is 0 Å². The maximum atomic E-state index is 11.6. The number of benzene rings is 1. The van der Waals surface area contributed by atoms with Gasteiger partial charge in [-0.25, -0.2) is 4.99 Å². The summed E-state index contributed by atoms with van der Waals surface area (Å²) >= 11 is 5.86. The smallest absolute Gasteiger partial charge is 0.241 e. The Bertz CT molecular complexity index is 474. The second kappa shape index (κ2) is 10.9. The highest BCUT2D eigenvalue weighted by atomic mass is 35.5. The maximum Gasteiger partial charge on any atom is 0.241 e. The lowest BCUT2D eigenvalue weighted by Crippen LogP contribution is -2.39. The molecular formula is C16H25ClN4O. The highest BCUT2D eigenvalue weighted by Gasteiger charge is 2.01. The first kappa shape index (κ1) is 18.3. The first-order valence-corrected chi connectivity index (χ1v) is 8.06. The summed E-state index contributed by atoms with van der Waals surface area (Å²) in [5.41, 5.74) is 1.20. The van der Waals surface area contributed by atoms with Gasteiger partial charge in [-0.1, -0.05) is 30.7 Å². The topological polar surface area (TPSA) is 65.5 Å². The third kappa shape index (κ3) is 7.88. The third-order valence-electron chi connectivity index (χ3n) is 2.92. The molecule has 0 aromatic heterocycles. The molecule has 0 radical (unpaired) electrons. The van der Waals surface area contributed by atoms with E-state index in [4.69, 9.17) is 11.6 Å². The fourth-order valence-corrected chi connectivity index (χ4v) is 1.92. The van der Waals surface area contributed by atoms with Gasteiger partial charge in [0.1, 0.15) is 6.54 Å². The van der Waals surface area contributed by atoms with E-state index in [1.54, 1.807) is 0 Å². The van der Waals surface area contributed by atoms with E-state index in [9.17, 15) is 4.79 Å². The number of carbonyl (C=O) groups is 1. The Morgan fingerprint density at radius 1 is 1.09 bits per heavy atom. The van der Waals surface area contributed by atoms with E-state index >= 15 is 0 Å². The second-order valence-electron chi connectivity index (χ2n) is 4.85. The molecule has 0 bridgehead atoms. The van der Waals surface area contributed by atoms with Crippen LogP contribution in [0.4, 0.5) is 0 Å². The number of halogens is 1. The molecule has 1 aromatic carbocycles. The van der Waals surface area contributed by atoms with Crippen LogP contribution in [0.1, 0.15) is 25.8 Å². The number of nitrogens with one attached hydrogen (secondary N) is 3. The molecule has 1 amide bonds. The molecule has 0 spiro atoms. The molecule has 3 N–H and O–H groups in total. The van der Waals surface area contributed by atoms with E-state index in [1.807, 2.05) is 38.1 Å². The van der Waals surface area contributed by atoms with Crippen LogP contribution in [-0.4, -0.2) is 38.0 Å². The van der Waals surface area contributed by atoms with Gasteiger partial charge in [-0.05, 0) is 37.5 Å². The normalized spacial score (nSPS) is 11.1. The lowest BCUT2D eigenvalue weighted by atomic mass is 10.1. The first-order valence-electron chi connectivity index (χ1n) is 7.69. The number of hydrogen-bond acceptors (Lipinski definition) is 2. The van der Waals surface area contributed by atoms with Gasteiger partial charge in [0.25, 0.3) is 0 Å². The Morgan fingerprint density at radius 2 is 1.82 bits per heavy atom. The van der Waals surface area contributed by atoms with E-state index in [1.165, 1.54) is 5.56 Å². The molecule has 1 rings (SSSR count). The molecule has 0 fully saturated rings. The van der Waals surface area contributed by atoms with Gasteiger partial charge in [0.2, 0.25) is 5.91 Å². The molecule has 6 heteroatoms. The van der Waals surface area contributed by atoms with Crippen molar-refractivity contribution < 1.29 is 4.79 Å². The molecule has 0 aliphatic carbocycles. The van der Waals surface area contributed by atoms with Crippen molar-refractivity contribution in [2.45, 2.75) is 26.7 Å². The van der Waals surface area contributed by atoms with Crippen molar-refractivity contribution in [1.82, 2.24) is 16.0 Å². The predicted octanol–water partition coefficient (Wildman–Crippen LogP) is 1.96. The SMILES string of the molecule is CCCNC(=O)CN=C(NCC)NCCc1ccc(Cl)cc1. The van der Waals surface area contributed by atoms with Crippen LogP contribution in [0.15, 0.2) is 29.3 Å². The third-order valence-corrected chi connectivity index (χ3v) is 3.17. The van der Waals surface area contributed by atoms with E-state index in [-0.39, 0.29) is 12.5 Å². The number of nitrogens with zero attached hydrogens (tertiary/aromatic N) is 1. The molecule has 0 unspecified atom stereocenters. The Balaban J connectivity index is 2.39. The van der Waals surface area contributed by atoms with Crippen LogP contribution < -0.4 is 16.0 Å². The van der Waals surface area contributed by atoms with Gasteiger partial charge in [-0.2, -0.15) is 0 Å². The summed E-state index contributed by atoms with van der Waals surface area (Å²) in [7, 11) is 0. The molecule has 22 heavy (non-hydrogen) atoms. The summed E-state index contributed by atoms with van der Waals surface area (Å²) in [4.78, 5) is 15.8. The minimum absolute atomic E-state index is 0.0586. The summed E-state index contributed by atoms with van der Waals surface area (Å²) in [6.45, 7) is 6.33. The predicted molar refractivity (Wildman–Crippen MR) is 92.4 cm³/mol. The zero-order valence-corrected chi connectivity index (χ0v) is 14.0. The summed E-state index contributed by atoms with van der Waals surface area (Å²) in [5.74, 6) is 0.597. The Hall–Kier alpha value is -1.75. The van der Waals surface area contributed by atoms with Crippen LogP contribution in [0.3, 0.4) is 0 Å². The quantitative estimate of drug-likeness (QED) is 0.506. The summed E-state index contributed by atoms with van der Waals surface area (Å²) in [6, 6.07) is 7.78. The second-order valence-corrected chi connectivity index (χ2v) is 5.28. The van der Waals surface area contributed by atoms with Crippen molar-refractivity contribution in [3.05, 3.63) is 34.9 Å². The Morgan fingerprint density at radius 3 is 2.45 bits per heavy atom. The van der Waals surface area contributed by atoms with E-state index in [0.29, 0.717) is 12.5 Å². The molecule has 0 aliphatic heterocycles. The molecule has 0 saturated carbocycles. The van der Waals surface area contributed by atoms with Gasteiger partial charge in [-0.15, -0.1) is 0 Å². The fraction of sp³-hybridized carbons (Fsp3) is 0.500. The van der Waals surface area contributed by atoms with Crippen molar-refractivity contribution in [3.8, 4) is 0 Å². The maximum absolute atomic E-state index is 11.6. The van der Waals surface area contributed by atoms with Crippen LogP contribution in [0.2, 0.25) is 5.02 Å². The molecular weight excluding hydrogens is 300 g/mol. The van der Waals surface area contributed by atoms with E-state index in [2.05, 4.69) is 20.9 Å². The van der Waals surface area contributed by atoms with Crippen LogP contribution in [0, 0.1) is 0 Å². The molecule has 0 aliphatic rings. The fourth-order valence-electron chi connectivity index (χ4n) is 1.79. The van der Waals surface area contributed by atoms with Crippen molar-refractivity contribution in [1.29, 1.82) is 0 Å². The summed E-state index contributed by atoms with van der Waals surface area (Å²) < 4.78 is 0. The van der Waals surface area contributed by atoms with Crippen LogP contribution in [0.5, 0.6) is 0 Å². The van der Waals surface area contributed by atoms with Gasteiger partial charge in [0.05, 0.1) is 0 Å². The number of amides is 1. The lowest BCUT2D eigenvalue weighted by Gasteiger charge is -2.11. The number of aliphatic imine (C=N–C) groups is 1. The molecule has 122 valence electrons. The number of guanidine groups is 1.